The van der Waals surface area contributed by atoms with Crippen molar-refractivity contribution in [1.82, 2.24) is 5.32 Å². The van der Waals surface area contributed by atoms with Crippen LogP contribution in [0.4, 0.5) is 5.69 Å². The number of benzene rings is 1. The number of halogens is 2. The van der Waals surface area contributed by atoms with Crippen molar-refractivity contribution in [3.05, 3.63) is 28.2 Å². The van der Waals surface area contributed by atoms with E-state index in [4.69, 9.17) is 4.74 Å². The number of morpholine rings is 1. The molecule has 1 aliphatic heterocycles. The number of hydrogen-bond acceptors (Lipinski definition) is 3. The number of amides is 1. The maximum Gasteiger partial charge on any atom is 0.227 e. The zero-order chi connectivity index (χ0) is 13.0. The van der Waals surface area contributed by atoms with E-state index in [-0.39, 0.29) is 24.4 Å². The molecule has 2 N–H and O–H groups in total. The number of carbonyl (C=O) groups excluding carboxylic acids is 1. The SMILES string of the molecule is Cc1c(Br)cccc1NC(=O)CC1CNCCO1.Cl. The molecule has 0 aliphatic carbocycles. The lowest BCUT2D eigenvalue weighted by Gasteiger charge is -2.23. The summed E-state index contributed by atoms with van der Waals surface area (Å²) in [5.74, 6) is -0.00935. The van der Waals surface area contributed by atoms with Crippen LogP contribution >= 0.6 is 28.3 Å². The molecule has 0 radical (unpaired) electrons. The normalized spacial score (nSPS) is 18.5. The molecule has 2 rings (SSSR count). The summed E-state index contributed by atoms with van der Waals surface area (Å²) >= 11 is 3.45. The van der Waals surface area contributed by atoms with E-state index in [9.17, 15) is 4.79 Å². The van der Waals surface area contributed by atoms with Crippen molar-refractivity contribution in [2.45, 2.75) is 19.4 Å². The van der Waals surface area contributed by atoms with Gasteiger partial charge in [-0.25, -0.2) is 0 Å². The Labute approximate surface area is 127 Å². The van der Waals surface area contributed by atoms with Gasteiger partial charge in [-0.3, -0.25) is 4.79 Å². The molecule has 1 amide bonds. The van der Waals surface area contributed by atoms with Crippen molar-refractivity contribution >= 4 is 39.9 Å². The zero-order valence-corrected chi connectivity index (χ0v) is 13.1. The van der Waals surface area contributed by atoms with Gasteiger partial charge in [0.05, 0.1) is 19.1 Å². The molecule has 1 atom stereocenters. The minimum absolute atomic E-state index is 0. The molecule has 1 aliphatic rings. The number of ether oxygens (including phenoxy) is 1. The van der Waals surface area contributed by atoms with Crippen LogP contribution in [0.2, 0.25) is 0 Å². The van der Waals surface area contributed by atoms with Crippen molar-refractivity contribution in [2.75, 3.05) is 25.0 Å². The van der Waals surface area contributed by atoms with Gasteiger partial charge in [-0.2, -0.15) is 0 Å². The Bertz CT molecular complexity index is 437. The fraction of sp³-hybridized carbons (Fsp3) is 0.462. The summed E-state index contributed by atoms with van der Waals surface area (Å²) in [6.07, 6.45) is 0.366. The molecular formula is C13H18BrClN2O2. The first-order valence-electron chi connectivity index (χ1n) is 6.04. The highest BCUT2D eigenvalue weighted by atomic mass is 79.9. The summed E-state index contributed by atoms with van der Waals surface area (Å²) in [5.41, 5.74) is 1.88. The van der Waals surface area contributed by atoms with Gasteiger partial charge in [0.25, 0.3) is 0 Å². The third-order valence-electron chi connectivity index (χ3n) is 2.96. The maximum absolute atomic E-state index is 11.9. The summed E-state index contributed by atoms with van der Waals surface area (Å²) in [6, 6.07) is 5.77. The van der Waals surface area contributed by atoms with Gasteiger partial charge < -0.3 is 15.4 Å². The van der Waals surface area contributed by atoms with Crippen LogP contribution in [0.15, 0.2) is 22.7 Å². The Morgan fingerprint density at radius 2 is 2.37 bits per heavy atom. The largest absolute Gasteiger partial charge is 0.375 e. The minimum Gasteiger partial charge on any atom is -0.375 e. The third kappa shape index (κ3) is 4.76. The molecule has 1 saturated heterocycles. The minimum atomic E-state index is -0.0220. The summed E-state index contributed by atoms with van der Waals surface area (Å²) in [6.45, 7) is 4.25. The number of nitrogens with one attached hydrogen (secondary N) is 2. The highest BCUT2D eigenvalue weighted by molar-refractivity contribution is 9.10. The molecule has 6 heteroatoms. The van der Waals surface area contributed by atoms with Crippen LogP contribution in [0.25, 0.3) is 0 Å². The molecule has 19 heavy (non-hydrogen) atoms. The molecule has 0 saturated carbocycles. The van der Waals surface area contributed by atoms with Crippen LogP contribution in [-0.2, 0) is 9.53 Å². The van der Waals surface area contributed by atoms with Gasteiger partial charge in [-0.05, 0) is 24.6 Å². The standard InChI is InChI=1S/C13H17BrN2O2.ClH/c1-9-11(14)3-2-4-12(9)16-13(17)7-10-8-15-5-6-18-10;/h2-4,10,15H,5-8H2,1H3,(H,16,17);1H. The van der Waals surface area contributed by atoms with Crippen molar-refractivity contribution in [2.24, 2.45) is 0 Å². The quantitative estimate of drug-likeness (QED) is 0.881. The van der Waals surface area contributed by atoms with E-state index >= 15 is 0 Å². The molecule has 4 nitrogen and oxygen atoms in total. The number of rotatable bonds is 3. The molecule has 1 unspecified atom stereocenters. The average molecular weight is 350 g/mol. The van der Waals surface area contributed by atoms with Crippen LogP contribution in [-0.4, -0.2) is 31.7 Å². The molecule has 106 valence electrons. The molecule has 0 spiro atoms. The first-order valence-corrected chi connectivity index (χ1v) is 6.83. The number of anilines is 1. The Hall–Kier alpha value is -0.620. The van der Waals surface area contributed by atoms with Gasteiger partial charge in [-0.15, -0.1) is 12.4 Å². The van der Waals surface area contributed by atoms with Gasteiger partial charge in [-0.1, -0.05) is 22.0 Å². The molecule has 1 aromatic carbocycles. The lowest BCUT2D eigenvalue weighted by atomic mass is 10.1. The lowest BCUT2D eigenvalue weighted by molar-refractivity contribution is -0.119. The van der Waals surface area contributed by atoms with E-state index in [1.54, 1.807) is 0 Å². The Balaban J connectivity index is 0.00000180. The van der Waals surface area contributed by atoms with Crippen LogP contribution in [0.1, 0.15) is 12.0 Å². The van der Waals surface area contributed by atoms with Gasteiger partial charge in [0.15, 0.2) is 0 Å². The first-order chi connectivity index (χ1) is 8.66. The van der Waals surface area contributed by atoms with Crippen molar-refractivity contribution in [1.29, 1.82) is 0 Å². The topological polar surface area (TPSA) is 50.4 Å². The predicted octanol–water partition coefficient (Wildman–Crippen LogP) is 2.50. The van der Waals surface area contributed by atoms with Crippen LogP contribution in [0, 0.1) is 6.92 Å². The summed E-state index contributed by atoms with van der Waals surface area (Å²) < 4.78 is 6.50. The maximum atomic E-state index is 11.9. The number of hydrogen-bond donors (Lipinski definition) is 2. The summed E-state index contributed by atoms with van der Waals surface area (Å²) in [5, 5.41) is 6.13. The van der Waals surface area contributed by atoms with E-state index in [1.165, 1.54) is 0 Å². The van der Waals surface area contributed by atoms with E-state index < -0.39 is 0 Å². The van der Waals surface area contributed by atoms with Crippen LogP contribution in [0.3, 0.4) is 0 Å². The summed E-state index contributed by atoms with van der Waals surface area (Å²) in [7, 11) is 0. The monoisotopic (exact) mass is 348 g/mol. The van der Waals surface area contributed by atoms with Gasteiger partial charge in [0, 0.05) is 23.2 Å². The predicted molar refractivity (Wildman–Crippen MR) is 82.0 cm³/mol. The molecule has 0 aromatic heterocycles. The van der Waals surface area contributed by atoms with Crippen molar-refractivity contribution in [3.63, 3.8) is 0 Å². The number of carbonyl (C=O) groups is 1. The fourth-order valence-corrected chi connectivity index (χ4v) is 2.27. The second kappa shape index (κ2) is 7.85. The highest BCUT2D eigenvalue weighted by Gasteiger charge is 2.17. The average Bonchev–Trinajstić information content (AvgIpc) is 2.36. The van der Waals surface area contributed by atoms with Crippen molar-refractivity contribution in [3.8, 4) is 0 Å². The van der Waals surface area contributed by atoms with Gasteiger partial charge in [0.2, 0.25) is 5.91 Å². The van der Waals surface area contributed by atoms with Crippen LogP contribution in [0.5, 0.6) is 0 Å². The summed E-state index contributed by atoms with van der Waals surface area (Å²) in [4.78, 5) is 11.9. The molecule has 1 aromatic rings. The molecule has 1 fully saturated rings. The highest BCUT2D eigenvalue weighted by Crippen LogP contribution is 2.23. The third-order valence-corrected chi connectivity index (χ3v) is 3.82. The van der Waals surface area contributed by atoms with E-state index in [0.717, 1.165) is 28.8 Å². The van der Waals surface area contributed by atoms with Crippen molar-refractivity contribution < 1.29 is 9.53 Å². The Kier molecular flexibility index (Phi) is 6.79. The molecule has 1 heterocycles. The zero-order valence-electron chi connectivity index (χ0n) is 10.7. The van der Waals surface area contributed by atoms with Gasteiger partial charge >= 0.3 is 0 Å². The van der Waals surface area contributed by atoms with E-state index in [2.05, 4.69) is 26.6 Å². The molecule has 0 bridgehead atoms. The Morgan fingerprint density at radius 3 is 3.05 bits per heavy atom. The smallest absolute Gasteiger partial charge is 0.227 e. The van der Waals surface area contributed by atoms with E-state index in [1.807, 2.05) is 25.1 Å². The second-order valence-corrected chi connectivity index (χ2v) is 5.22. The van der Waals surface area contributed by atoms with Gasteiger partial charge in [0.1, 0.15) is 0 Å². The second-order valence-electron chi connectivity index (χ2n) is 4.36. The van der Waals surface area contributed by atoms with Crippen LogP contribution < -0.4 is 10.6 Å². The molecular weight excluding hydrogens is 332 g/mol. The first kappa shape index (κ1) is 16.4. The lowest BCUT2D eigenvalue weighted by Crippen LogP contribution is -2.40. The Morgan fingerprint density at radius 1 is 1.58 bits per heavy atom. The van der Waals surface area contributed by atoms with E-state index in [0.29, 0.717) is 13.0 Å². The fourth-order valence-electron chi connectivity index (χ4n) is 1.90.